The van der Waals surface area contributed by atoms with Gasteiger partial charge in [-0.2, -0.15) is 0 Å². The van der Waals surface area contributed by atoms with Crippen LogP contribution in [-0.4, -0.2) is 12.6 Å². The normalized spacial score (nSPS) is 9.86. The van der Waals surface area contributed by atoms with E-state index >= 15 is 0 Å². The van der Waals surface area contributed by atoms with Crippen LogP contribution in [-0.2, 0) is 6.42 Å². The number of nitrogens with two attached hydrogens (primary N) is 1. The topological polar surface area (TPSA) is 55.1 Å². The van der Waals surface area contributed by atoms with Gasteiger partial charge in [0, 0.05) is 12.6 Å². The number of amides is 2. The molecule has 14 heavy (non-hydrogen) atoms. The Bertz CT molecular complexity index is 342. The maximum Gasteiger partial charge on any atom is 0.312 e. The van der Waals surface area contributed by atoms with Crippen molar-refractivity contribution in [2.24, 2.45) is 5.73 Å². The van der Waals surface area contributed by atoms with Crippen LogP contribution >= 0.6 is 0 Å². The first-order valence-electron chi connectivity index (χ1n) is 4.07. The molecule has 3 N–H and O–H groups in total. The number of benzene rings is 1. The summed E-state index contributed by atoms with van der Waals surface area (Å²) >= 11 is 0. The molecule has 0 heterocycles. The maximum atomic E-state index is 13.0. The molecule has 0 aromatic heterocycles. The summed E-state index contributed by atoms with van der Waals surface area (Å²) in [5, 5.41) is 2.31. The van der Waals surface area contributed by atoms with Crippen molar-refractivity contribution in [3.8, 4) is 0 Å². The van der Waals surface area contributed by atoms with Crippen LogP contribution in [0, 0.1) is 11.6 Å². The molecule has 0 atom stereocenters. The zero-order chi connectivity index (χ0) is 10.6. The molecule has 1 rings (SSSR count). The van der Waals surface area contributed by atoms with Gasteiger partial charge in [0.15, 0.2) is 0 Å². The average Bonchev–Trinajstić information content (AvgIpc) is 2.08. The molecule has 0 unspecified atom stereocenters. The Morgan fingerprint density at radius 1 is 1.43 bits per heavy atom. The Labute approximate surface area is 79.9 Å². The number of halogens is 2. The molecule has 0 aliphatic heterocycles. The third kappa shape index (κ3) is 3.01. The zero-order valence-corrected chi connectivity index (χ0v) is 7.39. The predicted molar refractivity (Wildman–Crippen MR) is 47.6 cm³/mol. The Balaban J connectivity index is 2.55. The van der Waals surface area contributed by atoms with Gasteiger partial charge in [0.1, 0.15) is 11.6 Å². The monoisotopic (exact) mass is 200 g/mol. The van der Waals surface area contributed by atoms with Gasteiger partial charge < -0.3 is 11.1 Å². The lowest BCUT2D eigenvalue weighted by Crippen LogP contribution is -2.31. The van der Waals surface area contributed by atoms with Gasteiger partial charge in [0.25, 0.3) is 0 Å². The van der Waals surface area contributed by atoms with Gasteiger partial charge in [-0.05, 0) is 18.1 Å². The van der Waals surface area contributed by atoms with E-state index in [0.717, 1.165) is 6.07 Å². The fraction of sp³-hybridized carbons (Fsp3) is 0.222. The number of primary amides is 1. The minimum Gasteiger partial charge on any atom is -0.352 e. The molecule has 0 spiro atoms. The number of hydrogen-bond acceptors (Lipinski definition) is 1. The minimum atomic E-state index is -0.660. The summed E-state index contributed by atoms with van der Waals surface area (Å²) in [4.78, 5) is 10.3. The highest BCUT2D eigenvalue weighted by Gasteiger charge is 2.03. The third-order valence-electron chi connectivity index (χ3n) is 1.71. The predicted octanol–water partition coefficient (Wildman–Crippen LogP) is 1.18. The van der Waals surface area contributed by atoms with E-state index in [9.17, 15) is 13.6 Å². The summed E-state index contributed by atoms with van der Waals surface area (Å²) in [6.45, 7) is 0.234. The first-order chi connectivity index (χ1) is 6.59. The number of rotatable bonds is 3. The number of carbonyl (C=O) groups excluding carboxylic acids is 1. The summed E-state index contributed by atoms with van der Waals surface area (Å²) in [7, 11) is 0. The highest BCUT2D eigenvalue weighted by Crippen LogP contribution is 2.09. The van der Waals surface area contributed by atoms with E-state index in [4.69, 9.17) is 5.73 Å². The second kappa shape index (κ2) is 4.55. The van der Waals surface area contributed by atoms with E-state index in [-0.39, 0.29) is 13.0 Å². The lowest BCUT2D eigenvalue weighted by Gasteiger charge is -2.03. The van der Waals surface area contributed by atoms with Gasteiger partial charge >= 0.3 is 6.03 Å². The fourth-order valence-electron chi connectivity index (χ4n) is 1.04. The van der Waals surface area contributed by atoms with Crippen molar-refractivity contribution in [2.75, 3.05) is 6.54 Å². The molecule has 0 aliphatic rings. The Morgan fingerprint density at radius 2 is 2.14 bits per heavy atom. The van der Waals surface area contributed by atoms with Crippen LogP contribution in [0.1, 0.15) is 5.56 Å². The molecule has 0 saturated carbocycles. The van der Waals surface area contributed by atoms with E-state index in [1.165, 1.54) is 12.1 Å². The largest absolute Gasteiger partial charge is 0.352 e. The highest BCUT2D eigenvalue weighted by molar-refractivity contribution is 5.71. The quantitative estimate of drug-likeness (QED) is 0.756. The first-order valence-corrected chi connectivity index (χ1v) is 4.07. The maximum absolute atomic E-state index is 13.0. The summed E-state index contributed by atoms with van der Waals surface area (Å²) in [6.07, 6.45) is 0.287. The van der Waals surface area contributed by atoms with Gasteiger partial charge in [0.2, 0.25) is 0 Å². The van der Waals surface area contributed by atoms with Gasteiger partial charge in [-0.15, -0.1) is 0 Å². The van der Waals surface area contributed by atoms with E-state index in [2.05, 4.69) is 5.32 Å². The van der Waals surface area contributed by atoms with Crippen molar-refractivity contribution < 1.29 is 13.6 Å². The molecule has 3 nitrogen and oxygen atoms in total. The molecule has 1 aromatic rings. The smallest absolute Gasteiger partial charge is 0.312 e. The Morgan fingerprint density at radius 3 is 2.71 bits per heavy atom. The van der Waals surface area contributed by atoms with Crippen LogP contribution in [0.2, 0.25) is 0 Å². The summed E-state index contributed by atoms with van der Waals surface area (Å²) in [5.74, 6) is -1.23. The SMILES string of the molecule is NC(=O)NCCc1ccc(F)cc1F. The standard InChI is InChI=1S/C9H10F2N2O/c10-7-2-1-6(8(11)5-7)3-4-13-9(12)14/h1-2,5H,3-4H2,(H3,12,13,14). The van der Waals surface area contributed by atoms with Crippen molar-refractivity contribution in [2.45, 2.75) is 6.42 Å². The van der Waals surface area contributed by atoms with Crippen molar-refractivity contribution in [3.05, 3.63) is 35.4 Å². The number of urea groups is 1. The van der Waals surface area contributed by atoms with E-state index in [1.54, 1.807) is 0 Å². The van der Waals surface area contributed by atoms with Crippen LogP contribution in [0.3, 0.4) is 0 Å². The molecule has 5 heteroatoms. The van der Waals surface area contributed by atoms with E-state index in [0.29, 0.717) is 5.56 Å². The van der Waals surface area contributed by atoms with Gasteiger partial charge in [-0.1, -0.05) is 6.07 Å². The van der Waals surface area contributed by atoms with Crippen LogP contribution in [0.5, 0.6) is 0 Å². The van der Waals surface area contributed by atoms with Crippen molar-refractivity contribution >= 4 is 6.03 Å². The van der Waals surface area contributed by atoms with E-state index < -0.39 is 17.7 Å². The zero-order valence-electron chi connectivity index (χ0n) is 7.39. The second-order valence-electron chi connectivity index (χ2n) is 2.78. The highest BCUT2D eigenvalue weighted by atomic mass is 19.1. The van der Waals surface area contributed by atoms with Crippen molar-refractivity contribution in [1.29, 1.82) is 0 Å². The molecular formula is C9H10F2N2O. The molecule has 0 bridgehead atoms. The summed E-state index contributed by atoms with van der Waals surface area (Å²) in [5.41, 5.74) is 5.16. The van der Waals surface area contributed by atoms with Gasteiger partial charge in [0.05, 0.1) is 0 Å². The number of hydrogen-bond donors (Lipinski definition) is 2. The molecule has 76 valence electrons. The molecule has 2 amide bonds. The third-order valence-corrected chi connectivity index (χ3v) is 1.71. The molecule has 1 aromatic carbocycles. The number of nitrogens with one attached hydrogen (secondary N) is 1. The first kappa shape index (κ1) is 10.4. The summed E-state index contributed by atoms with van der Waals surface area (Å²) < 4.78 is 25.5. The molecular weight excluding hydrogens is 190 g/mol. The molecule has 0 radical (unpaired) electrons. The van der Waals surface area contributed by atoms with Gasteiger partial charge in [-0.3, -0.25) is 0 Å². The van der Waals surface area contributed by atoms with Crippen LogP contribution in [0.4, 0.5) is 13.6 Å². The molecule has 0 fully saturated rings. The Hall–Kier alpha value is -1.65. The van der Waals surface area contributed by atoms with Crippen LogP contribution < -0.4 is 11.1 Å². The van der Waals surface area contributed by atoms with E-state index in [1.807, 2.05) is 0 Å². The lowest BCUT2D eigenvalue weighted by atomic mass is 10.1. The molecule has 0 aliphatic carbocycles. The van der Waals surface area contributed by atoms with Crippen molar-refractivity contribution in [1.82, 2.24) is 5.32 Å². The number of carbonyl (C=O) groups is 1. The molecule has 0 saturated heterocycles. The second-order valence-corrected chi connectivity index (χ2v) is 2.78. The fourth-order valence-corrected chi connectivity index (χ4v) is 1.04. The average molecular weight is 200 g/mol. The lowest BCUT2D eigenvalue weighted by molar-refractivity contribution is 0.249. The summed E-state index contributed by atoms with van der Waals surface area (Å²) in [6, 6.07) is 2.66. The van der Waals surface area contributed by atoms with Crippen molar-refractivity contribution in [3.63, 3.8) is 0 Å². The van der Waals surface area contributed by atoms with Gasteiger partial charge in [-0.25, -0.2) is 13.6 Å². The minimum absolute atomic E-state index is 0.234. The van der Waals surface area contributed by atoms with Crippen LogP contribution in [0.25, 0.3) is 0 Å². The Kier molecular flexibility index (Phi) is 3.39. The van der Waals surface area contributed by atoms with Crippen LogP contribution in [0.15, 0.2) is 18.2 Å².